The smallest absolute Gasteiger partial charge is 0.407 e. The second kappa shape index (κ2) is 14.0. The zero-order valence-corrected chi connectivity index (χ0v) is 27.1. The van der Waals surface area contributed by atoms with Gasteiger partial charge >= 0.3 is 24.0 Å². The summed E-state index contributed by atoms with van der Waals surface area (Å²) in [6.45, 7) is 8.40. The molecule has 10 atom stereocenters. The molecule has 4 fully saturated rings. The number of ether oxygens (including phenoxy) is 2. The molecule has 4 saturated carbocycles. The van der Waals surface area contributed by atoms with Crippen LogP contribution < -0.4 is 5.32 Å². The molecule has 0 aromatic carbocycles. The van der Waals surface area contributed by atoms with Gasteiger partial charge in [0.25, 0.3) is 0 Å². The van der Waals surface area contributed by atoms with E-state index in [0.29, 0.717) is 37.0 Å². The molecule has 0 bridgehead atoms. The van der Waals surface area contributed by atoms with E-state index in [1.54, 1.807) is 0 Å². The average molecular weight is 622 g/mol. The molecule has 10 heteroatoms. The third-order valence-electron chi connectivity index (χ3n) is 12.4. The van der Waals surface area contributed by atoms with Gasteiger partial charge in [0.1, 0.15) is 18.8 Å². The van der Waals surface area contributed by atoms with Crippen molar-refractivity contribution in [1.82, 2.24) is 5.32 Å². The topological polar surface area (TPSA) is 159 Å². The van der Waals surface area contributed by atoms with Gasteiger partial charge in [0, 0.05) is 5.92 Å². The van der Waals surface area contributed by atoms with E-state index in [0.717, 1.165) is 51.4 Å². The molecule has 250 valence electrons. The van der Waals surface area contributed by atoms with E-state index in [4.69, 9.17) is 19.7 Å². The molecule has 4 aliphatic carbocycles. The maximum Gasteiger partial charge on any atom is 0.407 e. The third kappa shape index (κ3) is 7.37. The summed E-state index contributed by atoms with van der Waals surface area (Å²) in [7, 11) is 0. The summed E-state index contributed by atoms with van der Waals surface area (Å²) >= 11 is 0. The predicted octanol–water partition coefficient (Wildman–Crippen LogP) is 5.93. The highest BCUT2D eigenvalue weighted by Crippen LogP contribution is 2.69. The Balaban J connectivity index is 1.54. The minimum atomic E-state index is -1.15. The zero-order valence-electron chi connectivity index (χ0n) is 27.1. The van der Waals surface area contributed by atoms with Gasteiger partial charge in [-0.15, -0.1) is 0 Å². The maximum atomic E-state index is 12.9. The number of carbonyl (C=O) groups is 4. The Kier molecular flexibility index (Phi) is 10.9. The number of amides is 1. The monoisotopic (exact) mass is 621 g/mol. The number of nitrogens with one attached hydrogen (secondary N) is 1. The number of rotatable bonds is 13. The van der Waals surface area contributed by atoms with E-state index >= 15 is 0 Å². The molecule has 4 rings (SSSR count). The number of aliphatic hydroxyl groups is 1. The van der Waals surface area contributed by atoms with Crippen LogP contribution in [0, 0.1) is 40.4 Å². The van der Waals surface area contributed by atoms with E-state index in [2.05, 4.69) is 26.1 Å². The van der Waals surface area contributed by atoms with Crippen LogP contribution in [0.15, 0.2) is 0 Å². The Morgan fingerprint density at radius 2 is 1.55 bits per heavy atom. The standard InChI is InChI=1S/C34H55NO9/c1-5-6-7-8-15-34(4,42)27-10-9-23-22-19-26(44-30(40)12-11-28(36)37)25-18-21(43-31(41)35-20-29(38)39)13-16-32(25,2)24(22)14-17-33(23,27)3/h21-27,42H,5-20H2,1-4H3,(H,35,41)(H,36,37)(H,38,39)/t21-,22-,23-,24-,25+,26-,27-,32+,33-,34-/m0/s1. The molecule has 0 radical (unpaired) electrons. The number of carbonyl (C=O) groups excluding carboxylic acids is 2. The average Bonchev–Trinajstić information content (AvgIpc) is 3.32. The van der Waals surface area contributed by atoms with Crippen LogP contribution in [0.1, 0.15) is 124 Å². The molecule has 10 nitrogen and oxygen atoms in total. The van der Waals surface area contributed by atoms with Crippen LogP contribution in [-0.2, 0) is 23.9 Å². The Bertz CT molecular complexity index is 1060. The lowest BCUT2D eigenvalue weighted by Crippen LogP contribution is -2.60. The van der Waals surface area contributed by atoms with Gasteiger partial charge in [0.15, 0.2) is 0 Å². The van der Waals surface area contributed by atoms with Gasteiger partial charge in [0.2, 0.25) is 0 Å². The normalized spacial score (nSPS) is 37.4. The number of unbranched alkanes of at least 4 members (excludes halogenated alkanes) is 3. The first-order chi connectivity index (χ1) is 20.7. The molecule has 0 aliphatic heterocycles. The van der Waals surface area contributed by atoms with Gasteiger partial charge < -0.3 is 30.1 Å². The van der Waals surface area contributed by atoms with Crippen molar-refractivity contribution in [2.75, 3.05) is 6.54 Å². The summed E-state index contributed by atoms with van der Waals surface area (Å²) < 4.78 is 11.8. The highest BCUT2D eigenvalue weighted by Gasteiger charge is 2.64. The summed E-state index contributed by atoms with van der Waals surface area (Å²) in [5.74, 6) is -1.42. The lowest BCUT2D eigenvalue weighted by molar-refractivity contribution is -0.197. The molecular weight excluding hydrogens is 566 g/mol. The largest absolute Gasteiger partial charge is 0.481 e. The lowest BCUT2D eigenvalue weighted by Gasteiger charge is -2.63. The van der Waals surface area contributed by atoms with Crippen molar-refractivity contribution in [2.24, 2.45) is 40.4 Å². The Hall–Kier alpha value is -2.36. The van der Waals surface area contributed by atoms with Crippen LogP contribution >= 0.6 is 0 Å². The van der Waals surface area contributed by atoms with E-state index in [-0.39, 0.29) is 35.5 Å². The number of hydrogen-bond acceptors (Lipinski definition) is 7. The van der Waals surface area contributed by atoms with Crippen molar-refractivity contribution in [2.45, 2.75) is 142 Å². The summed E-state index contributed by atoms with van der Waals surface area (Å²) in [5, 5.41) is 32.1. The van der Waals surface area contributed by atoms with Gasteiger partial charge in [-0.25, -0.2) is 4.79 Å². The molecular formula is C34H55NO9. The van der Waals surface area contributed by atoms with Crippen LogP contribution in [0.5, 0.6) is 0 Å². The second-order valence-corrected chi connectivity index (χ2v) is 15.0. The van der Waals surface area contributed by atoms with Crippen LogP contribution in [0.4, 0.5) is 4.79 Å². The van der Waals surface area contributed by atoms with Gasteiger partial charge in [-0.05, 0) is 99.2 Å². The first-order valence-corrected chi connectivity index (χ1v) is 17.0. The highest BCUT2D eigenvalue weighted by molar-refractivity contribution is 5.77. The van der Waals surface area contributed by atoms with Gasteiger partial charge in [0.05, 0.1) is 18.4 Å². The zero-order chi connectivity index (χ0) is 32.3. The quantitative estimate of drug-likeness (QED) is 0.144. The molecule has 0 aromatic heterocycles. The molecule has 4 N–H and O–H groups in total. The molecule has 0 heterocycles. The predicted molar refractivity (Wildman–Crippen MR) is 163 cm³/mol. The molecule has 44 heavy (non-hydrogen) atoms. The van der Waals surface area contributed by atoms with E-state index < -0.39 is 48.4 Å². The van der Waals surface area contributed by atoms with Crippen molar-refractivity contribution < 1.29 is 44.0 Å². The number of alkyl carbamates (subject to hydrolysis) is 1. The number of carboxylic acid groups (broad SMARTS) is 2. The van der Waals surface area contributed by atoms with E-state index in [1.165, 1.54) is 12.8 Å². The second-order valence-electron chi connectivity index (χ2n) is 15.0. The fraction of sp³-hybridized carbons (Fsp3) is 0.882. The summed E-state index contributed by atoms with van der Waals surface area (Å²) in [5.41, 5.74) is -0.871. The molecule has 4 aliphatic rings. The Labute approximate surface area is 262 Å². The Morgan fingerprint density at radius 1 is 0.841 bits per heavy atom. The fourth-order valence-electron chi connectivity index (χ4n) is 10.4. The third-order valence-corrected chi connectivity index (χ3v) is 12.4. The van der Waals surface area contributed by atoms with E-state index in [9.17, 15) is 24.3 Å². The Morgan fingerprint density at radius 3 is 2.23 bits per heavy atom. The van der Waals surface area contributed by atoms with Crippen molar-refractivity contribution in [3.63, 3.8) is 0 Å². The highest BCUT2D eigenvalue weighted by atomic mass is 16.6. The van der Waals surface area contributed by atoms with Crippen LogP contribution in [0.25, 0.3) is 0 Å². The number of aliphatic carboxylic acids is 2. The molecule has 0 spiro atoms. The van der Waals surface area contributed by atoms with Crippen molar-refractivity contribution >= 4 is 24.0 Å². The number of carboxylic acids is 2. The summed E-state index contributed by atoms with van der Waals surface area (Å²) in [6, 6.07) is 0. The van der Waals surface area contributed by atoms with Crippen LogP contribution in [0.3, 0.4) is 0 Å². The fourth-order valence-corrected chi connectivity index (χ4v) is 10.4. The summed E-state index contributed by atoms with van der Waals surface area (Å²) in [6.07, 6.45) is 10.0. The molecule has 0 aromatic rings. The maximum absolute atomic E-state index is 12.9. The molecule has 0 unspecified atom stereocenters. The van der Waals surface area contributed by atoms with Gasteiger partial charge in [-0.2, -0.15) is 0 Å². The van der Waals surface area contributed by atoms with Crippen molar-refractivity contribution in [3.8, 4) is 0 Å². The SMILES string of the molecule is CCCCCC[C@](C)(O)[C@H]1CC[C@H]2[C@@H]3C[C@H](OC(=O)CCC(=O)O)[C@H]4C[C@@H](OC(=O)NCC(=O)O)CC[C@]4(C)[C@H]3CC[C@@]21C. The minimum absolute atomic E-state index is 0.000964. The van der Waals surface area contributed by atoms with Crippen LogP contribution in [-0.4, -0.2) is 63.7 Å². The number of esters is 1. The van der Waals surface area contributed by atoms with E-state index in [1.807, 2.05) is 6.92 Å². The molecule has 0 saturated heterocycles. The molecule has 1 amide bonds. The van der Waals surface area contributed by atoms with Gasteiger partial charge in [-0.3, -0.25) is 14.4 Å². The number of fused-ring (bicyclic) bond motifs is 5. The first-order valence-electron chi connectivity index (χ1n) is 17.0. The van der Waals surface area contributed by atoms with Crippen molar-refractivity contribution in [3.05, 3.63) is 0 Å². The minimum Gasteiger partial charge on any atom is -0.481 e. The van der Waals surface area contributed by atoms with Crippen molar-refractivity contribution in [1.29, 1.82) is 0 Å². The first kappa shape index (κ1) is 34.5. The number of hydrogen-bond donors (Lipinski definition) is 4. The summed E-state index contributed by atoms with van der Waals surface area (Å²) in [4.78, 5) is 47.3. The van der Waals surface area contributed by atoms with Gasteiger partial charge in [-0.1, -0.05) is 46.5 Å². The van der Waals surface area contributed by atoms with Crippen LogP contribution in [0.2, 0.25) is 0 Å². The lowest BCUT2D eigenvalue weighted by atomic mass is 9.43.